The third-order valence-corrected chi connectivity index (χ3v) is 4.28. The number of hydrogen-bond acceptors (Lipinski definition) is 5. The minimum atomic E-state index is -0.387. The van der Waals surface area contributed by atoms with Gasteiger partial charge in [0.05, 0.1) is 24.0 Å². The highest BCUT2D eigenvalue weighted by atomic mass is 16.5. The lowest BCUT2D eigenvalue weighted by Gasteiger charge is -2.39. The van der Waals surface area contributed by atoms with Crippen LogP contribution in [0.25, 0.3) is 0 Å². The van der Waals surface area contributed by atoms with Crippen molar-refractivity contribution in [3.05, 3.63) is 23.8 Å². The molecule has 112 valence electrons. The Morgan fingerprint density at radius 1 is 1.38 bits per heavy atom. The first kappa shape index (κ1) is 13.7. The molecule has 0 aromatic heterocycles. The van der Waals surface area contributed by atoms with Crippen LogP contribution in [0.4, 0.5) is 11.4 Å². The zero-order valence-electron chi connectivity index (χ0n) is 12.0. The predicted molar refractivity (Wildman–Crippen MR) is 79.1 cm³/mol. The molecule has 0 spiro atoms. The summed E-state index contributed by atoms with van der Waals surface area (Å²) in [6.45, 7) is 2.07. The van der Waals surface area contributed by atoms with Gasteiger partial charge in [-0.15, -0.1) is 0 Å². The van der Waals surface area contributed by atoms with Crippen LogP contribution >= 0.6 is 0 Å². The highest BCUT2D eigenvalue weighted by Crippen LogP contribution is 2.32. The Labute approximate surface area is 123 Å². The summed E-state index contributed by atoms with van der Waals surface area (Å²) < 4.78 is 4.84. The van der Waals surface area contributed by atoms with Gasteiger partial charge in [-0.25, -0.2) is 4.79 Å². The molecular weight excluding hydrogens is 270 g/mol. The summed E-state index contributed by atoms with van der Waals surface area (Å²) in [4.78, 5) is 27.7. The summed E-state index contributed by atoms with van der Waals surface area (Å²) in [5, 5.41) is 0. The third kappa shape index (κ3) is 2.30. The van der Waals surface area contributed by atoms with Gasteiger partial charge < -0.3 is 20.3 Å². The van der Waals surface area contributed by atoms with E-state index < -0.39 is 0 Å². The quantitative estimate of drug-likeness (QED) is 0.646. The summed E-state index contributed by atoms with van der Waals surface area (Å²) >= 11 is 0. The Morgan fingerprint density at radius 2 is 2.19 bits per heavy atom. The number of nitrogens with two attached hydrogens (primary N) is 1. The number of amides is 1. The van der Waals surface area contributed by atoms with Gasteiger partial charge in [0.1, 0.15) is 0 Å². The Bertz CT molecular complexity index is 588. The van der Waals surface area contributed by atoms with Crippen molar-refractivity contribution in [3.63, 3.8) is 0 Å². The van der Waals surface area contributed by atoms with Gasteiger partial charge in [0.2, 0.25) is 5.91 Å². The van der Waals surface area contributed by atoms with E-state index in [1.54, 1.807) is 18.2 Å². The van der Waals surface area contributed by atoms with Crippen LogP contribution in [0.3, 0.4) is 0 Å². The van der Waals surface area contributed by atoms with Crippen molar-refractivity contribution in [2.75, 3.05) is 37.4 Å². The standard InChI is InChI=1S/C15H19N3O3/c1-21-15(20)11-3-2-4-12(16)14(11)17-7-8-18-10(9-17)5-6-13(18)19/h2-4,10H,5-9,16H2,1H3. The van der Waals surface area contributed by atoms with E-state index in [-0.39, 0.29) is 17.9 Å². The van der Waals surface area contributed by atoms with Gasteiger partial charge in [0.25, 0.3) is 0 Å². The van der Waals surface area contributed by atoms with Crippen molar-refractivity contribution >= 4 is 23.3 Å². The number of ether oxygens (including phenoxy) is 1. The lowest BCUT2D eigenvalue weighted by molar-refractivity contribution is -0.129. The van der Waals surface area contributed by atoms with Crippen LogP contribution in [0.1, 0.15) is 23.2 Å². The topological polar surface area (TPSA) is 75.9 Å². The molecule has 1 aromatic rings. The molecule has 2 heterocycles. The van der Waals surface area contributed by atoms with E-state index >= 15 is 0 Å². The minimum Gasteiger partial charge on any atom is -0.465 e. The number of esters is 1. The number of carbonyl (C=O) groups excluding carboxylic acids is 2. The Hall–Kier alpha value is -2.24. The van der Waals surface area contributed by atoms with Gasteiger partial charge in [-0.05, 0) is 18.6 Å². The lowest BCUT2D eigenvalue weighted by Crippen LogP contribution is -2.52. The number of rotatable bonds is 2. The summed E-state index contributed by atoms with van der Waals surface area (Å²) in [7, 11) is 1.36. The second-order valence-corrected chi connectivity index (χ2v) is 5.46. The maximum absolute atomic E-state index is 11.9. The Morgan fingerprint density at radius 3 is 2.95 bits per heavy atom. The van der Waals surface area contributed by atoms with Gasteiger partial charge in [-0.2, -0.15) is 0 Å². The van der Waals surface area contributed by atoms with Crippen LogP contribution < -0.4 is 10.6 Å². The highest BCUT2D eigenvalue weighted by Gasteiger charge is 2.36. The van der Waals surface area contributed by atoms with Crippen molar-refractivity contribution in [2.45, 2.75) is 18.9 Å². The SMILES string of the molecule is COC(=O)c1cccc(N)c1N1CCN2C(=O)CCC2C1. The molecule has 3 rings (SSSR count). The molecule has 0 aliphatic carbocycles. The fourth-order valence-electron chi connectivity index (χ4n) is 3.26. The van der Waals surface area contributed by atoms with E-state index in [0.29, 0.717) is 37.3 Å². The fraction of sp³-hybridized carbons (Fsp3) is 0.467. The number of methoxy groups -OCH3 is 1. The van der Waals surface area contributed by atoms with Gasteiger partial charge in [0.15, 0.2) is 0 Å². The number of piperazine rings is 1. The highest BCUT2D eigenvalue weighted by molar-refractivity contribution is 5.99. The molecule has 1 aromatic carbocycles. The molecule has 2 N–H and O–H groups in total. The van der Waals surface area contributed by atoms with Crippen molar-refractivity contribution in [2.24, 2.45) is 0 Å². The molecule has 2 aliphatic rings. The molecule has 1 atom stereocenters. The maximum Gasteiger partial charge on any atom is 0.340 e. The Kier molecular flexibility index (Phi) is 3.45. The van der Waals surface area contributed by atoms with Gasteiger partial charge >= 0.3 is 5.97 Å². The second-order valence-electron chi connectivity index (χ2n) is 5.46. The number of nitrogens with zero attached hydrogens (tertiary/aromatic N) is 2. The van der Waals surface area contributed by atoms with Gasteiger partial charge in [-0.1, -0.05) is 6.07 Å². The molecule has 21 heavy (non-hydrogen) atoms. The van der Waals surface area contributed by atoms with Crippen LogP contribution in [0.2, 0.25) is 0 Å². The molecule has 1 amide bonds. The number of fused-ring (bicyclic) bond motifs is 1. The van der Waals surface area contributed by atoms with Crippen molar-refractivity contribution in [1.29, 1.82) is 0 Å². The zero-order valence-corrected chi connectivity index (χ0v) is 12.0. The normalized spacial score (nSPS) is 21.4. The third-order valence-electron chi connectivity index (χ3n) is 4.28. The molecule has 2 saturated heterocycles. The van der Waals surface area contributed by atoms with Crippen LogP contribution in [-0.4, -0.2) is 49.6 Å². The van der Waals surface area contributed by atoms with Gasteiger partial charge in [-0.3, -0.25) is 4.79 Å². The first-order valence-electron chi connectivity index (χ1n) is 7.13. The average molecular weight is 289 g/mol. The summed E-state index contributed by atoms with van der Waals surface area (Å²) in [6, 6.07) is 5.48. The lowest BCUT2D eigenvalue weighted by atomic mass is 10.1. The van der Waals surface area contributed by atoms with Crippen LogP contribution in [0, 0.1) is 0 Å². The zero-order chi connectivity index (χ0) is 15.0. The van der Waals surface area contributed by atoms with Crippen LogP contribution in [-0.2, 0) is 9.53 Å². The first-order chi connectivity index (χ1) is 10.1. The van der Waals surface area contributed by atoms with E-state index in [4.69, 9.17) is 10.5 Å². The molecule has 0 saturated carbocycles. The summed E-state index contributed by atoms with van der Waals surface area (Å²) in [5.41, 5.74) is 7.85. The van der Waals surface area contributed by atoms with E-state index in [9.17, 15) is 9.59 Å². The molecule has 1 unspecified atom stereocenters. The van der Waals surface area contributed by atoms with Crippen molar-refractivity contribution in [3.8, 4) is 0 Å². The Balaban J connectivity index is 1.91. The van der Waals surface area contributed by atoms with Crippen LogP contribution in [0.5, 0.6) is 0 Å². The summed E-state index contributed by atoms with van der Waals surface area (Å²) in [6.07, 6.45) is 1.49. The second kappa shape index (κ2) is 5.27. The fourth-order valence-corrected chi connectivity index (χ4v) is 3.26. The predicted octanol–water partition coefficient (Wildman–Crippen LogP) is 0.866. The minimum absolute atomic E-state index is 0.219. The number of nitrogen functional groups attached to an aromatic ring is 1. The first-order valence-corrected chi connectivity index (χ1v) is 7.13. The summed E-state index contributed by atoms with van der Waals surface area (Å²) in [5.74, 6) is -0.156. The van der Waals surface area contributed by atoms with Crippen molar-refractivity contribution in [1.82, 2.24) is 4.90 Å². The largest absolute Gasteiger partial charge is 0.465 e. The average Bonchev–Trinajstić information content (AvgIpc) is 2.87. The molecule has 2 fully saturated rings. The van der Waals surface area contributed by atoms with Gasteiger partial charge in [0, 0.05) is 32.1 Å². The number of carbonyl (C=O) groups is 2. The number of para-hydroxylation sites is 1. The number of benzene rings is 1. The monoisotopic (exact) mass is 289 g/mol. The maximum atomic E-state index is 11.9. The van der Waals surface area contributed by atoms with E-state index in [1.807, 2.05) is 4.90 Å². The molecule has 6 heteroatoms. The molecule has 0 radical (unpaired) electrons. The molecular formula is C15H19N3O3. The number of anilines is 2. The molecule has 0 bridgehead atoms. The van der Waals surface area contributed by atoms with E-state index in [0.717, 1.165) is 12.1 Å². The molecule has 2 aliphatic heterocycles. The molecule has 6 nitrogen and oxygen atoms in total. The van der Waals surface area contributed by atoms with E-state index in [1.165, 1.54) is 7.11 Å². The van der Waals surface area contributed by atoms with Crippen molar-refractivity contribution < 1.29 is 14.3 Å². The number of hydrogen-bond donors (Lipinski definition) is 1. The van der Waals surface area contributed by atoms with Crippen LogP contribution in [0.15, 0.2) is 18.2 Å². The smallest absolute Gasteiger partial charge is 0.340 e. The van der Waals surface area contributed by atoms with E-state index in [2.05, 4.69) is 4.90 Å².